The molecule has 120 valence electrons. The van der Waals surface area contributed by atoms with Gasteiger partial charge in [0.1, 0.15) is 17.5 Å². The molecule has 1 aromatic rings. The van der Waals surface area contributed by atoms with Crippen molar-refractivity contribution in [1.82, 2.24) is 9.97 Å². The largest absolute Gasteiger partial charge is 0.393 e. The second-order valence-corrected chi connectivity index (χ2v) is 6.42. The SMILES string of the molecule is CCCNc1cc(NCCC(O)CC)nc(C(C)(C)C)n1. The Kier molecular flexibility index (Phi) is 6.89. The number of hydrogen-bond acceptors (Lipinski definition) is 5. The van der Waals surface area contributed by atoms with Crippen molar-refractivity contribution in [3.63, 3.8) is 0 Å². The summed E-state index contributed by atoms with van der Waals surface area (Å²) < 4.78 is 0. The average molecular weight is 294 g/mol. The predicted octanol–water partition coefficient (Wildman–Crippen LogP) is 3.17. The van der Waals surface area contributed by atoms with Crippen molar-refractivity contribution >= 4 is 11.6 Å². The van der Waals surface area contributed by atoms with Gasteiger partial charge in [-0.25, -0.2) is 9.97 Å². The minimum Gasteiger partial charge on any atom is -0.393 e. The number of nitrogens with one attached hydrogen (secondary N) is 2. The summed E-state index contributed by atoms with van der Waals surface area (Å²) in [5.41, 5.74) is -0.0940. The first-order valence-corrected chi connectivity index (χ1v) is 7.92. The zero-order chi connectivity index (χ0) is 15.9. The van der Waals surface area contributed by atoms with Gasteiger partial charge in [0.15, 0.2) is 0 Å². The van der Waals surface area contributed by atoms with Crippen molar-refractivity contribution in [1.29, 1.82) is 0 Å². The van der Waals surface area contributed by atoms with E-state index < -0.39 is 0 Å². The van der Waals surface area contributed by atoms with E-state index in [4.69, 9.17) is 0 Å². The van der Waals surface area contributed by atoms with E-state index in [-0.39, 0.29) is 11.5 Å². The minimum absolute atomic E-state index is 0.0940. The predicted molar refractivity (Wildman–Crippen MR) is 88.9 cm³/mol. The van der Waals surface area contributed by atoms with Crippen LogP contribution in [-0.4, -0.2) is 34.3 Å². The number of anilines is 2. The lowest BCUT2D eigenvalue weighted by atomic mass is 9.96. The molecule has 1 unspecified atom stereocenters. The molecular formula is C16H30N4O. The van der Waals surface area contributed by atoms with Gasteiger partial charge in [-0.3, -0.25) is 0 Å². The van der Waals surface area contributed by atoms with E-state index in [9.17, 15) is 5.11 Å². The van der Waals surface area contributed by atoms with Crippen molar-refractivity contribution in [2.45, 2.75) is 65.4 Å². The molecule has 0 saturated carbocycles. The van der Waals surface area contributed by atoms with Crippen LogP contribution < -0.4 is 10.6 Å². The Hall–Kier alpha value is -1.36. The highest BCUT2D eigenvalue weighted by atomic mass is 16.3. The molecule has 0 fully saturated rings. The molecule has 1 atom stereocenters. The molecule has 1 aromatic heterocycles. The number of rotatable bonds is 8. The normalized spacial score (nSPS) is 13.0. The van der Waals surface area contributed by atoms with Crippen molar-refractivity contribution in [2.24, 2.45) is 0 Å². The minimum atomic E-state index is -0.251. The third-order valence-electron chi connectivity index (χ3n) is 3.21. The monoisotopic (exact) mass is 294 g/mol. The van der Waals surface area contributed by atoms with Gasteiger partial charge in [0.25, 0.3) is 0 Å². The maximum absolute atomic E-state index is 9.61. The van der Waals surface area contributed by atoms with E-state index in [2.05, 4.69) is 48.3 Å². The number of aliphatic hydroxyl groups excluding tert-OH is 1. The summed E-state index contributed by atoms with van der Waals surface area (Å²) >= 11 is 0. The molecule has 0 amide bonds. The Morgan fingerprint density at radius 1 is 1.10 bits per heavy atom. The summed E-state index contributed by atoms with van der Waals surface area (Å²) in [7, 11) is 0. The Balaban J connectivity index is 2.81. The van der Waals surface area contributed by atoms with Gasteiger partial charge in [0.05, 0.1) is 6.10 Å². The van der Waals surface area contributed by atoms with Crippen molar-refractivity contribution in [2.75, 3.05) is 23.7 Å². The molecule has 0 spiro atoms. The second kappa shape index (κ2) is 8.17. The van der Waals surface area contributed by atoms with Crippen LogP contribution in [0.15, 0.2) is 6.07 Å². The van der Waals surface area contributed by atoms with Gasteiger partial charge in [-0.15, -0.1) is 0 Å². The van der Waals surface area contributed by atoms with Gasteiger partial charge in [0, 0.05) is 24.6 Å². The van der Waals surface area contributed by atoms with Crippen LogP contribution in [0.1, 0.15) is 59.7 Å². The molecule has 21 heavy (non-hydrogen) atoms. The Labute approximate surface area is 128 Å². The van der Waals surface area contributed by atoms with E-state index in [1.54, 1.807) is 0 Å². The molecule has 0 radical (unpaired) electrons. The lowest BCUT2D eigenvalue weighted by Crippen LogP contribution is -2.19. The molecule has 1 heterocycles. The Morgan fingerprint density at radius 3 is 2.14 bits per heavy atom. The zero-order valence-corrected chi connectivity index (χ0v) is 14.0. The lowest BCUT2D eigenvalue weighted by Gasteiger charge is -2.19. The summed E-state index contributed by atoms with van der Waals surface area (Å²) in [6.07, 6.45) is 2.31. The van der Waals surface area contributed by atoms with Crippen LogP contribution in [0.4, 0.5) is 11.6 Å². The van der Waals surface area contributed by atoms with Gasteiger partial charge in [-0.05, 0) is 19.3 Å². The fourth-order valence-electron chi connectivity index (χ4n) is 1.79. The summed E-state index contributed by atoms with van der Waals surface area (Å²) in [4.78, 5) is 9.18. The molecular weight excluding hydrogens is 264 g/mol. The standard InChI is InChI=1S/C16H30N4O/c1-6-9-17-13-11-14(18-10-8-12(21)7-2)20-15(19-13)16(3,4)5/h11-12,21H,6-10H2,1-5H3,(H2,17,18,19,20). The summed E-state index contributed by atoms with van der Waals surface area (Å²) in [6.45, 7) is 12.0. The van der Waals surface area contributed by atoms with Crippen LogP contribution in [0.25, 0.3) is 0 Å². The van der Waals surface area contributed by atoms with Crippen LogP contribution in [0.3, 0.4) is 0 Å². The average Bonchev–Trinajstić information content (AvgIpc) is 2.43. The highest BCUT2D eigenvalue weighted by molar-refractivity contribution is 5.48. The second-order valence-electron chi connectivity index (χ2n) is 6.42. The topological polar surface area (TPSA) is 70.1 Å². The Bertz CT molecular complexity index is 429. The summed E-state index contributed by atoms with van der Waals surface area (Å²) in [5.74, 6) is 2.49. The molecule has 0 saturated heterocycles. The number of nitrogens with zero attached hydrogens (tertiary/aromatic N) is 2. The van der Waals surface area contributed by atoms with Crippen LogP contribution in [0.5, 0.6) is 0 Å². The smallest absolute Gasteiger partial charge is 0.138 e. The molecule has 0 bridgehead atoms. The van der Waals surface area contributed by atoms with E-state index in [1.807, 2.05) is 13.0 Å². The fraction of sp³-hybridized carbons (Fsp3) is 0.750. The highest BCUT2D eigenvalue weighted by Gasteiger charge is 2.19. The number of aliphatic hydroxyl groups is 1. The van der Waals surface area contributed by atoms with Crippen LogP contribution in [-0.2, 0) is 5.41 Å². The molecule has 0 aliphatic rings. The molecule has 5 nitrogen and oxygen atoms in total. The highest BCUT2D eigenvalue weighted by Crippen LogP contribution is 2.22. The maximum Gasteiger partial charge on any atom is 0.138 e. The fourth-order valence-corrected chi connectivity index (χ4v) is 1.79. The van der Waals surface area contributed by atoms with E-state index in [1.165, 1.54) is 0 Å². The molecule has 5 heteroatoms. The third-order valence-corrected chi connectivity index (χ3v) is 3.21. The van der Waals surface area contributed by atoms with Crippen molar-refractivity contribution in [3.8, 4) is 0 Å². The van der Waals surface area contributed by atoms with E-state index >= 15 is 0 Å². The van der Waals surface area contributed by atoms with Crippen molar-refractivity contribution in [3.05, 3.63) is 11.9 Å². The quantitative estimate of drug-likeness (QED) is 0.687. The van der Waals surface area contributed by atoms with Gasteiger partial charge in [-0.2, -0.15) is 0 Å². The summed E-state index contributed by atoms with van der Waals surface area (Å²) in [5, 5.41) is 16.2. The first-order valence-electron chi connectivity index (χ1n) is 7.92. The zero-order valence-electron chi connectivity index (χ0n) is 14.0. The van der Waals surface area contributed by atoms with Gasteiger partial charge < -0.3 is 15.7 Å². The Morgan fingerprint density at radius 2 is 1.67 bits per heavy atom. The van der Waals surface area contributed by atoms with Crippen LogP contribution in [0.2, 0.25) is 0 Å². The molecule has 0 aliphatic carbocycles. The van der Waals surface area contributed by atoms with Gasteiger partial charge in [0.2, 0.25) is 0 Å². The van der Waals surface area contributed by atoms with Gasteiger partial charge >= 0.3 is 0 Å². The van der Waals surface area contributed by atoms with E-state index in [0.717, 1.165) is 43.3 Å². The summed E-state index contributed by atoms with van der Waals surface area (Å²) in [6, 6.07) is 1.93. The first kappa shape index (κ1) is 17.7. The number of hydrogen-bond donors (Lipinski definition) is 3. The molecule has 3 N–H and O–H groups in total. The number of aromatic nitrogens is 2. The van der Waals surface area contributed by atoms with Crippen molar-refractivity contribution < 1.29 is 5.11 Å². The third kappa shape index (κ3) is 6.29. The maximum atomic E-state index is 9.61. The van der Waals surface area contributed by atoms with E-state index in [0.29, 0.717) is 6.54 Å². The van der Waals surface area contributed by atoms with Crippen LogP contribution in [0, 0.1) is 0 Å². The van der Waals surface area contributed by atoms with Crippen LogP contribution >= 0.6 is 0 Å². The van der Waals surface area contributed by atoms with Gasteiger partial charge in [-0.1, -0.05) is 34.6 Å². The lowest BCUT2D eigenvalue weighted by molar-refractivity contribution is 0.164. The first-order chi connectivity index (χ1) is 9.86. The molecule has 1 rings (SSSR count). The molecule has 0 aromatic carbocycles. The molecule has 0 aliphatic heterocycles.